The monoisotopic (exact) mass is 527 g/mol. The number of aromatic nitrogens is 2. The van der Waals surface area contributed by atoms with Gasteiger partial charge in [0.1, 0.15) is 0 Å². The molecule has 1 aromatic heterocycles. The number of anilines is 2. The summed E-state index contributed by atoms with van der Waals surface area (Å²) in [6.07, 6.45) is 0.251. The molecule has 3 aromatic carbocycles. The average Bonchev–Trinajstić information content (AvgIpc) is 3.38. The lowest BCUT2D eigenvalue weighted by molar-refractivity contribution is 0.0692. The molecule has 0 saturated carbocycles. The minimum absolute atomic E-state index is 0.0110. The van der Waals surface area contributed by atoms with Gasteiger partial charge in [-0.2, -0.15) is 10.2 Å². The number of carbonyl (C=O) groups is 4. The second-order valence-electron chi connectivity index (χ2n) is 8.69. The van der Waals surface area contributed by atoms with E-state index in [-0.39, 0.29) is 52.5 Å². The van der Waals surface area contributed by atoms with Gasteiger partial charge in [0, 0.05) is 30.3 Å². The lowest BCUT2D eigenvalue weighted by Gasteiger charge is -2.18. The molecule has 6 N–H and O–H groups in total. The Kier molecular flexibility index (Phi) is 7.94. The molecule has 0 unspecified atom stereocenters. The highest BCUT2D eigenvalue weighted by atomic mass is 16.5. The standard InChI is InChI=1S/C28H25N5O6/c1-16(34)21-10-9-17(13-24(21)27(36)33(39)20-6-4-5-18(12-20)15-29)11-19-14-25(32-31-19)30-26(35)22-7-2-3-8-23(22)28(37)38/h2-10,12-14,39H,11,15,29H2,1H3,(H,37,38)(H2,30,31,32,35). The molecule has 0 aliphatic carbocycles. The molecule has 198 valence electrons. The Balaban J connectivity index is 1.55. The Labute approximate surface area is 222 Å². The maximum absolute atomic E-state index is 13.2. The number of aromatic amines is 1. The lowest BCUT2D eigenvalue weighted by Crippen LogP contribution is -2.28. The summed E-state index contributed by atoms with van der Waals surface area (Å²) in [6, 6.07) is 18.6. The van der Waals surface area contributed by atoms with Crippen molar-refractivity contribution in [2.24, 2.45) is 5.73 Å². The Hall–Kier alpha value is -5.13. The van der Waals surface area contributed by atoms with Crippen molar-refractivity contribution in [3.63, 3.8) is 0 Å². The molecule has 11 heteroatoms. The van der Waals surface area contributed by atoms with Crippen LogP contribution in [0.15, 0.2) is 72.8 Å². The molecule has 2 amide bonds. The van der Waals surface area contributed by atoms with Crippen LogP contribution in [0.4, 0.5) is 11.5 Å². The average molecular weight is 528 g/mol. The van der Waals surface area contributed by atoms with Gasteiger partial charge >= 0.3 is 5.97 Å². The molecule has 0 bridgehead atoms. The number of hydroxylamine groups is 1. The summed E-state index contributed by atoms with van der Waals surface area (Å²) in [5.41, 5.74) is 7.79. The van der Waals surface area contributed by atoms with Gasteiger partial charge in [-0.1, -0.05) is 36.4 Å². The van der Waals surface area contributed by atoms with Crippen molar-refractivity contribution in [1.29, 1.82) is 0 Å². The van der Waals surface area contributed by atoms with Crippen LogP contribution in [-0.4, -0.2) is 44.1 Å². The van der Waals surface area contributed by atoms with E-state index < -0.39 is 17.8 Å². The minimum atomic E-state index is -1.23. The number of hydrogen-bond donors (Lipinski definition) is 5. The number of carboxylic acids is 1. The van der Waals surface area contributed by atoms with Crippen LogP contribution in [0.25, 0.3) is 0 Å². The number of H-pyrrole nitrogens is 1. The number of nitrogens with two attached hydrogens (primary N) is 1. The van der Waals surface area contributed by atoms with Gasteiger partial charge in [0.05, 0.1) is 22.4 Å². The van der Waals surface area contributed by atoms with E-state index in [0.717, 1.165) is 0 Å². The van der Waals surface area contributed by atoms with E-state index in [9.17, 15) is 29.5 Å². The summed E-state index contributed by atoms with van der Waals surface area (Å²) in [5.74, 6) is -2.82. The van der Waals surface area contributed by atoms with Crippen molar-refractivity contribution in [2.45, 2.75) is 19.9 Å². The Morgan fingerprint density at radius 2 is 1.64 bits per heavy atom. The van der Waals surface area contributed by atoms with Crippen molar-refractivity contribution in [3.8, 4) is 0 Å². The van der Waals surface area contributed by atoms with E-state index in [1.54, 1.807) is 42.5 Å². The Morgan fingerprint density at radius 3 is 2.33 bits per heavy atom. The number of ketones is 1. The molecule has 0 aliphatic heterocycles. The predicted molar refractivity (Wildman–Crippen MR) is 142 cm³/mol. The number of aromatic carboxylic acids is 1. The zero-order chi connectivity index (χ0) is 28.1. The fourth-order valence-electron chi connectivity index (χ4n) is 4.02. The zero-order valence-corrected chi connectivity index (χ0v) is 20.8. The van der Waals surface area contributed by atoms with Gasteiger partial charge in [0.2, 0.25) is 0 Å². The van der Waals surface area contributed by atoms with Gasteiger partial charge in [-0.25, -0.2) is 4.79 Å². The number of benzene rings is 3. The predicted octanol–water partition coefficient (Wildman–Crippen LogP) is 3.65. The van der Waals surface area contributed by atoms with Crippen LogP contribution in [0, 0.1) is 0 Å². The van der Waals surface area contributed by atoms with Crippen molar-refractivity contribution in [2.75, 3.05) is 10.4 Å². The molecular weight excluding hydrogens is 502 g/mol. The van der Waals surface area contributed by atoms with Gasteiger partial charge in [-0.05, 0) is 48.4 Å². The maximum Gasteiger partial charge on any atom is 0.336 e. The normalized spacial score (nSPS) is 10.6. The molecule has 0 atom stereocenters. The summed E-state index contributed by atoms with van der Waals surface area (Å²) < 4.78 is 0. The molecule has 0 spiro atoms. The van der Waals surface area contributed by atoms with Gasteiger partial charge < -0.3 is 16.2 Å². The van der Waals surface area contributed by atoms with E-state index in [1.807, 2.05) is 0 Å². The molecule has 0 aliphatic rings. The zero-order valence-electron chi connectivity index (χ0n) is 20.8. The van der Waals surface area contributed by atoms with Crippen LogP contribution in [0.1, 0.15) is 65.2 Å². The number of nitrogens with zero attached hydrogens (tertiary/aromatic N) is 2. The van der Waals surface area contributed by atoms with E-state index in [4.69, 9.17) is 5.73 Å². The molecule has 0 saturated heterocycles. The topological polar surface area (TPSA) is 179 Å². The minimum Gasteiger partial charge on any atom is -0.478 e. The number of carboxylic acid groups (broad SMARTS) is 1. The highest BCUT2D eigenvalue weighted by Gasteiger charge is 2.22. The van der Waals surface area contributed by atoms with Crippen LogP contribution in [-0.2, 0) is 13.0 Å². The van der Waals surface area contributed by atoms with E-state index in [0.29, 0.717) is 21.9 Å². The summed E-state index contributed by atoms with van der Waals surface area (Å²) in [5, 5.41) is 29.8. The molecule has 0 radical (unpaired) electrons. The third-order valence-electron chi connectivity index (χ3n) is 5.95. The van der Waals surface area contributed by atoms with Crippen LogP contribution in [0.3, 0.4) is 0 Å². The third-order valence-corrected chi connectivity index (χ3v) is 5.95. The van der Waals surface area contributed by atoms with Gasteiger partial charge in [-0.3, -0.25) is 24.7 Å². The number of rotatable bonds is 9. The number of Topliss-reactive ketones (excluding diaryl/α,β-unsaturated/α-hetero) is 1. The summed E-state index contributed by atoms with van der Waals surface area (Å²) >= 11 is 0. The molecule has 11 nitrogen and oxygen atoms in total. The number of carbonyl (C=O) groups excluding carboxylic acids is 3. The van der Waals surface area contributed by atoms with E-state index in [1.165, 1.54) is 37.3 Å². The smallest absolute Gasteiger partial charge is 0.336 e. The van der Waals surface area contributed by atoms with Crippen molar-refractivity contribution in [1.82, 2.24) is 10.2 Å². The highest BCUT2D eigenvalue weighted by molar-refractivity contribution is 6.12. The number of hydrogen-bond acceptors (Lipinski definition) is 7. The molecular formula is C28H25N5O6. The van der Waals surface area contributed by atoms with Crippen LogP contribution < -0.4 is 16.1 Å². The first-order chi connectivity index (χ1) is 18.7. The second-order valence-corrected chi connectivity index (χ2v) is 8.69. The quantitative estimate of drug-likeness (QED) is 0.124. The first-order valence-electron chi connectivity index (χ1n) is 11.8. The summed E-state index contributed by atoms with van der Waals surface area (Å²) in [6.45, 7) is 1.55. The van der Waals surface area contributed by atoms with Gasteiger partial charge in [0.15, 0.2) is 11.6 Å². The van der Waals surface area contributed by atoms with E-state index in [2.05, 4.69) is 15.5 Å². The maximum atomic E-state index is 13.2. The van der Waals surface area contributed by atoms with E-state index >= 15 is 0 Å². The fourth-order valence-corrected chi connectivity index (χ4v) is 4.02. The fraction of sp³-hybridized carbons (Fsp3) is 0.107. The SMILES string of the molecule is CC(=O)c1ccc(Cc2cc(NC(=O)c3ccccc3C(=O)O)n[nH]2)cc1C(=O)N(O)c1cccc(CN)c1. The molecule has 4 aromatic rings. The number of amides is 2. The molecule has 39 heavy (non-hydrogen) atoms. The van der Waals surface area contributed by atoms with Crippen LogP contribution in [0.2, 0.25) is 0 Å². The Morgan fingerprint density at radius 1 is 0.897 bits per heavy atom. The largest absolute Gasteiger partial charge is 0.478 e. The van der Waals surface area contributed by atoms with Gasteiger partial charge in [-0.15, -0.1) is 0 Å². The lowest BCUT2D eigenvalue weighted by atomic mass is 9.98. The van der Waals surface area contributed by atoms with Crippen LogP contribution in [0.5, 0.6) is 0 Å². The molecule has 4 rings (SSSR count). The first-order valence-corrected chi connectivity index (χ1v) is 11.8. The van der Waals surface area contributed by atoms with Crippen molar-refractivity contribution >= 4 is 35.1 Å². The van der Waals surface area contributed by atoms with Crippen LogP contribution >= 0.6 is 0 Å². The third kappa shape index (κ3) is 6.06. The van der Waals surface area contributed by atoms with Crippen molar-refractivity contribution in [3.05, 3.63) is 112 Å². The highest BCUT2D eigenvalue weighted by Crippen LogP contribution is 2.22. The summed E-state index contributed by atoms with van der Waals surface area (Å²) in [7, 11) is 0. The molecule has 1 heterocycles. The number of nitrogens with one attached hydrogen (secondary N) is 2. The first kappa shape index (κ1) is 26.9. The Bertz CT molecular complexity index is 1580. The second kappa shape index (κ2) is 11.5. The molecule has 0 fully saturated rings. The van der Waals surface area contributed by atoms with Crippen molar-refractivity contribution < 1.29 is 29.5 Å². The van der Waals surface area contributed by atoms with Gasteiger partial charge in [0.25, 0.3) is 11.8 Å². The summed E-state index contributed by atoms with van der Waals surface area (Å²) in [4.78, 5) is 49.4.